The first-order chi connectivity index (χ1) is 22.0. The fourth-order valence-electron chi connectivity index (χ4n) is 5.34. The van der Waals surface area contributed by atoms with Crippen molar-refractivity contribution in [3.8, 4) is 5.75 Å². The van der Waals surface area contributed by atoms with Gasteiger partial charge < -0.3 is 4.74 Å². The van der Waals surface area contributed by atoms with Crippen LogP contribution in [0.2, 0.25) is 0 Å². The van der Waals surface area contributed by atoms with Crippen LogP contribution >= 0.6 is 0 Å². The first-order valence-electron chi connectivity index (χ1n) is 15.3. The summed E-state index contributed by atoms with van der Waals surface area (Å²) in [6, 6.07) is 4.30. The topological polar surface area (TPSA) is 18.0 Å². The first kappa shape index (κ1) is 41.4. The monoisotopic (exact) mass is 721 g/mol. The minimum absolute atomic E-state index is 0.155. The number of methoxy groups -OCH3 is 1. The Kier molecular flexibility index (Phi) is 13.7. The molecule has 3 nitrogen and oxygen atoms in total. The van der Waals surface area contributed by atoms with Crippen LogP contribution < -0.4 is 9.30 Å². The van der Waals surface area contributed by atoms with Gasteiger partial charge in [-0.2, -0.15) is 57.1 Å². The lowest BCUT2D eigenvalue weighted by Crippen LogP contribution is -2.70. The number of hydrogen-bond donors (Lipinski definition) is 0. The van der Waals surface area contributed by atoms with Gasteiger partial charge in [0.05, 0.1) is 19.6 Å². The van der Waals surface area contributed by atoms with E-state index in [-0.39, 0.29) is 24.6 Å². The highest BCUT2D eigenvalue weighted by atomic mass is 19.4. The van der Waals surface area contributed by atoms with Crippen molar-refractivity contribution in [3.63, 3.8) is 0 Å². The highest BCUT2D eigenvalue weighted by molar-refractivity contribution is 5.33. The molecule has 48 heavy (non-hydrogen) atoms. The zero-order valence-corrected chi connectivity index (χ0v) is 26.5. The van der Waals surface area contributed by atoms with Crippen LogP contribution in [-0.2, 0) is 13.1 Å². The van der Waals surface area contributed by atoms with Crippen molar-refractivity contribution in [2.24, 2.45) is 0 Å². The lowest BCUT2D eigenvalue weighted by Gasteiger charge is -2.39. The summed E-state index contributed by atoms with van der Waals surface area (Å²) in [6.45, 7) is 5.18. The van der Waals surface area contributed by atoms with Crippen molar-refractivity contribution in [1.29, 1.82) is 0 Å². The Morgan fingerprint density at radius 2 is 1.19 bits per heavy atom. The third-order valence-corrected chi connectivity index (χ3v) is 8.00. The highest BCUT2D eigenvalue weighted by Crippen LogP contribution is 2.60. The highest BCUT2D eigenvalue weighted by Gasteiger charge is 2.90. The van der Waals surface area contributed by atoms with Crippen molar-refractivity contribution >= 4 is 0 Å². The Hall–Kier alpha value is -2.75. The summed E-state index contributed by atoms with van der Waals surface area (Å²) < 4.78 is 195. The molecule has 0 bridgehead atoms. The molecule has 2 rings (SSSR count). The number of alkyl halides is 13. The van der Waals surface area contributed by atoms with Gasteiger partial charge in [0.25, 0.3) is 5.82 Å². The number of nitrogens with zero attached hydrogens (tertiary/aromatic N) is 2. The average Bonchev–Trinajstić information content (AvgIpc) is 3.37. The maximum atomic E-state index is 13.9. The smallest absolute Gasteiger partial charge is 0.460 e. The van der Waals surface area contributed by atoms with Gasteiger partial charge >= 0.3 is 35.8 Å². The zero-order chi connectivity index (χ0) is 36.8. The molecule has 0 aliphatic rings. The third-order valence-electron chi connectivity index (χ3n) is 8.00. The normalized spacial score (nSPS) is 13.9. The Balaban J connectivity index is 1.76. The fraction of sp³-hybridized carbons (Fsp3) is 0.710. The number of imidazole rings is 1. The molecule has 2 aromatic rings. The molecule has 1 aromatic carbocycles. The number of aryl methyl sites for hydroxylation is 1. The fourth-order valence-corrected chi connectivity index (χ4v) is 5.34. The van der Waals surface area contributed by atoms with E-state index in [2.05, 4.69) is 4.57 Å². The Morgan fingerprint density at radius 3 is 1.69 bits per heavy atom. The molecular weight excluding hydrogens is 682 g/mol. The van der Waals surface area contributed by atoms with Crippen molar-refractivity contribution in [2.75, 3.05) is 7.11 Å². The molecular formula is C31H39F14N2O+. The number of aromatic nitrogens is 2. The SMILES string of the molecule is COc1ccc(F)cc1C[n+]1ccn(CCCCCCCCCCCC(F)(F)C(F)(F)C(F)(F)C(F)(F)C(F)(F)C(F)(F)F)c1C(C)C. The van der Waals surface area contributed by atoms with Crippen LogP contribution in [0.25, 0.3) is 0 Å². The van der Waals surface area contributed by atoms with Crippen LogP contribution in [0.4, 0.5) is 61.5 Å². The maximum absolute atomic E-state index is 13.9. The minimum atomic E-state index is -7.86. The third kappa shape index (κ3) is 8.88. The van der Waals surface area contributed by atoms with Gasteiger partial charge in [-0.05, 0) is 37.5 Å². The molecule has 1 aromatic heterocycles. The summed E-state index contributed by atoms with van der Waals surface area (Å²) >= 11 is 0. The van der Waals surface area contributed by atoms with E-state index in [1.165, 1.54) is 19.2 Å². The number of halogens is 14. The number of benzene rings is 1. The lowest BCUT2D eigenvalue weighted by molar-refractivity contribution is -0.696. The summed E-state index contributed by atoms with van der Waals surface area (Å²) in [7, 11) is 1.51. The van der Waals surface area contributed by atoms with Crippen molar-refractivity contribution in [1.82, 2.24) is 4.57 Å². The average molecular weight is 722 g/mol. The molecule has 0 amide bonds. The second-order valence-corrected chi connectivity index (χ2v) is 12.0. The van der Waals surface area contributed by atoms with Crippen molar-refractivity contribution in [3.05, 3.63) is 47.8 Å². The van der Waals surface area contributed by atoms with Gasteiger partial charge in [0.1, 0.15) is 30.5 Å². The minimum Gasteiger partial charge on any atom is -0.496 e. The van der Waals surface area contributed by atoms with Crippen LogP contribution in [0.5, 0.6) is 5.75 Å². The zero-order valence-electron chi connectivity index (χ0n) is 26.5. The van der Waals surface area contributed by atoms with E-state index < -0.39 is 48.6 Å². The van der Waals surface area contributed by atoms with E-state index in [4.69, 9.17) is 4.74 Å². The van der Waals surface area contributed by atoms with Gasteiger partial charge in [-0.25, -0.2) is 13.5 Å². The van der Waals surface area contributed by atoms with Crippen molar-refractivity contribution in [2.45, 2.75) is 133 Å². The molecule has 0 atom stereocenters. The second kappa shape index (κ2) is 15.9. The number of hydrogen-bond acceptors (Lipinski definition) is 1. The van der Waals surface area contributed by atoms with Crippen LogP contribution in [0.15, 0.2) is 30.6 Å². The maximum Gasteiger partial charge on any atom is 0.460 e. The second-order valence-electron chi connectivity index (χ2n) is 12.0. The molecule has 0 aliphatic heterocycles. The molecule has 0 radical (unpaired) electrons. The lowest BCUT2D eigenvalue weighted by atomic mass is 9.91. The molecule has 0 N–H and O–H groups in total. The van der Waals surface area contributed by atoms with E-state index in [1.807, 2.05) is 30.8 Å². The van der Waals surface area contributed by atoms with E-state index in [1.54, 1.807) is 6.07 Å². The van der Waals surface area contributed by atoms with Crippen LogP contribution in [-0.4, -0.2) is 47.5 Å². The molecule has 0 saturated heterocycles. The molecule has 17 heteroatoms. The molecule has 0 saturated carbocycles. The van der Waals surface area contributed by atoms with E-state index in [0.717, 1.165) is 31.5 Å². The number of unbranched alkanes of at least 4 members (excludes halogenated alkanes) is 8. The molecule has 0 fully saturated rings. The van der Waals surface area contributed by atoms with E-state index in [0.29, 0.717) is 37.2 Å². The van der Waals surface area contributed by atoms with Gasteiger partial charge in [0, 0.05) is 12.0 Å². The summed E-state index contributed by atoms with van der Waals surface area (Å²) in [5.74, 6) is -35.1. The largest absolute Gasteiger partial charge is 0.496 e. The Bertz CT molecular complexity index is 1300. The van der Waals surface area contributed by atoms with E-state index in [9.17, 15) is 61.5 Å². The molecule has 0 aliphatic carbocycles. The molecule has 1 heterocycles. The molecule has 0 spiro atoms. The van der Waals surface area contributed by atoms with Crippen LogP contribution in [0.3, 0.4) is 0 Å². The summed E-state index contributed by atoms with van der Waals surface area (Å²) in [6.07, 6.45) is -2.40. The number of ether oxygens (including phenoxy) is 1. The summed E-state index contributed by atoms with van der Waals surface area (Å²) in [5, 5.41) is 0. The van der Waals surface area contributed by atoms with Gasteiger partial charge in [-0.15, -0.1) is 0 Å². The van der Waals surface area contributed by atoms with Gasteiger partial charge in [0.2, 0.25) is 0 Å². The predicted octanol–water partition coefficient (Wildman–Crippen LogP) is 10.7. The first-order valence-corrected chi connectivity index (χ1v) is 15.3. The summed E-state index contributed by atoms with van der Waals surface area (Å²) in [4.78, 5) is 0. The molecule has 276 valence electrons. The van der Waals surface area contributed by atoms with Crippen LogP contribution in [0.1, 0.15) is 95.4 Å². The van der Waals surface area contributed by atoms with Gasteiger partial charge in [-0.3, -0.25) is 0 Å². The van der Waals surface area contributed by atoms with Crippen molar-refractivity contribution < 1.29 is 70.8 Å². The Labute approximate surface area is 269 Å². The molecule has 0 unspecified atom stereocenters. The van der Waals surface area contributed by atoms with Crippen LogP contribution in [0, 0.1) is 5.82 Å². The number of rotatable bonds is 20. The predicted molar refractivity (Wildman–Crippen MR) is 148 cm³/mol. The quantitative estimate of drug-likeness (QED) is 0.0756. The Morgan fingerprint density at radius 1 is 0.688 bits per heavy atom. The van der Waals surface area contributed by atoms with E-state index >= 15 is 0 Å². The van der Waals surface area contributed by atoms with Gasteiger partial charge in [-0.1, -0.05) is 52.4 Å². The summed E-state index contributed by atoms with van der Waals surface area (Å²) in [5.41, 5.74) is 0.687. The van der Waals surface area contributed by atoms with Gasteiger partial charge in [0.15, 0.2) is 0 Å². The standard InChI is InChI=1S/C31H39F14N2O/c1-21(2)25-46(17-18-47(25)20-22-19-23(32)13-14-24(22)48-3)16-12-10-8-6-4-5-7-9-11-15-26(33,34)27(35,36)28(37,38)29(39,40)30(41,42)31(43,44)45/h13-14,17-19,21H,4-12,15-16,20H2,1-3H3/q+1.